The lowest BCUT2D eigenvalue weighted by atomic mass is 9.96. The minimum absolute atomic E-state index is 0.198. The number of amides is 1. The molecular weight excluding hydrogens is 465 g/mol. The number of carbonyl (C=O) groups excluding carboxylic acids is 1. The zero-order valence-electron chi connectivity index (χ0n) is 20.4. The molecule has 2 bridgehead atoms. The van der Waals surface area contributed by atoms with Crippen LogP contribution in [0.1, 0.15) is 43.7 Å². The monoisotopic (exact) mass is 491 g/mol. The number of halogens is 1. The first kappa shape index (κ1) is 23.5. The van der Waals surface area contributed by atoms with E-state index in [0.717, 1.165) is 22.5 Å². The van der Waals surface area contributed by atoms with Crippen LogP contribution >= 0.6 is 0 Å². The predicted molar refractivity (Wildman–Crippen MR) is 130 cm³/mol. The number of nitrogens with zero attached hydrogens (tertiary/aromatic N) is 6. The van der Waals surface area contributed by atoms with E-state index in [2.05, 4.69) is 25.6 Å². The maximum absolute atomic E-state index is 14.4. The highest BCUT2D eigenvalue weighted by Crippen LogP contribution is 2.38. The minimum Gasteiger partial charge on any atom is -0.482 e. The maximum Gasteiger partial charge on any atom is 0.412 e. The highest BCUT2D eigenvalue weighted by molar-refractivity contribution is 5.86. The van der Waals surface area contributed by atoms with Crippen molar-refractivity contribution in [2.24, 2.45) is 7.05 Å². The lowest BCUT2D eigenvalue weighted by Gasteiger charge is -2.21. The van der Waals surface area contributed by atoms with E-state index >= 15 is 0 Å². The smallest absolute Gasteiger partial charge is 0.412 e. The first-order valence-corrected chi connectivity index (χ1v) is 11.7. The topological polar surface area (TPSA) is 109 Å². The molecule has 0 radical (unpaired) electrons. The van der Waals surface area contributed by atoms with E-state index in [1.54, 1.807) is 32.3 Å². The van der Waals surface area contributed by atoms with Gasteiger partial charge in [-0.1, -0.05) is 0 Å². The maximum atomic E-state index is 14.4. The molecule has 1 atom stereocenters. The van der Waals surface area contributed by atoms with Crippen molar-refractivity contribution in [1.82, 2.24) is 29.8 Å². The number of fused-ring (bicyclic) bond motifs is 7. The first-order valence-electron chi connectivity index (χ1n) is 11.7. The molecule has 0 fully saturated rings. The van der Waals surface area contributed by atoms with E-state index in [4.69, 9.17) is 9.47 Å². The van der Waals surface area contributed by atoms with Gasteiger partial charge in [-0.05, 0) is 45.0 Å². The Morgan fingerprint density at radius 2 is 2.08 bits per heavy atom. The SMILES string of the molecule is CCOC(=O)Nc1ncc2cc1O[C@H](C)c1cc(F)ccc1-c1nn(C)nc1Cc1cnn(CC)c1-2. The largest absolute Gasteiger partial charge is 0.482 e. The van der Waals surface area contributed by atoms with Gasteiger partial charge in [0.1, 0.15) is 17.6 Å². The van der Waals surface area contributed by atoms with Crippen molar-refractivity contribution < 1.29 is 18.7 Å². The molecule has 1 aliphatic heterocycles. The number of aromatic nitrogens is 6. The zero-order chi connectivity index (χ0) is 25.4. The van der Waals surface area contributed by atoms with Gasteiger partial charge in [0.25, 0.3) is 0 Å². The number of hydrogen-bond donors (Lipinski definition) is 1. The summed E-state index contributed by atoms with van der Waals surface area (Å²) >= 11 is 0. The van der Waals surface area contributed by atoms with Crippen molar-refractivity contribution >= 4 is 11.9 Å². The van der Waals surface area contributed by atoms with Gasteiger partial charge in [-0.15, -0.1) is 0 Å². The van der Waals surface area contributed by atoms with Crippen LogP contribution in [0.2, 0.25) is 0 Å². The molecule has 0 saturated heterocycles. The number of pyridine rings is 1. The second kappa shape index (κ2) is 9.40. The molecule has 0 spiro atoms. The molecule has 36 heavy (non-hydrogen) atoms. The molecule has 1 amide bonds. The van der Waals surface area contributed by atoms with Gasteiger partial charge in [0, 0.05) is 48.5 Å². The average molecular weight is 492 g/mol. The summed E-state index contributed by atoms with van der Waals surface area (Å²) in [5, 5.41) is 16.4. The Labute approximate surface area is 207 Å². The summed E-state index contributed by atoms with van der Waals surface area (Å²) in [5.74, 6) is 0.117. The minimum atomic E-state index is -0.647. The van der Waals surface area contributed by atoms with Gasteiger partial charge in [0.05, 0.1) is 24.2 Å². The van der Waals surface area contributed by atoms with Crippen LogP contribution in [0.4, 0.5) is 15.0 Å². The van der Waals surface area contributed by atoms with Gasteiger partial charge >= 0.3 is 6.09 Å². The number of hydrogen-bond acceptors (Lipinski definition) is 7. The Hall–Kier alpha value is -4.28. The second-order valence-electron chi connectivity index (χ2n) is 8.40. The first-order chi connectivity index (χ1) is 17.4. The van der Waals surface area contributed by atoms with Crippen LogP contribution in [0.25, 0.3) is 22.5 Å². The second-order valence-corrected chi connectivity index (χ2v) is 8.40. The van der Waals surface area contributed by atoms with E-state index in [9.17, 15) is 9.18 Å². The van der Waals surface area contributed by atoms with Crippen molar-refractivity contribution in [3.8, 4) is 28.3 Å². The number of nitrogens with one attached hydrogen (secondary N) is 1. The van der Waals surface area contributed by atoms with Gasteiger partial charge in [-0.2, -0.15) is 20.1 Å². The van der Waals surface area contributed by atoms with Crippen LogP contribution in [0, 0.1) is 5.82 Å². The van der Waals surface area contributed by atoms with Crippen LogP contribution < -0.4 is 10.1 Å². The molecule has 0 unspecified atom stereocenters. The van der Waals surface area contributed by atoms with Crippen molar-refractivity contribution in [3.05, 3.63) is 59.3 Å². The molecule has 5 rings (SSSR count). The van der Waals surface area contributed by atoms with Gasteiger partial charge < -0.3 is 9.47 Å². The number of benzene rings is 1. The molecule has 186 valence electrons. The number of ether oxygens (including phenoxy) is 2. The van der Waals surface area contributed by atoms with Crippen molar-refractivity contribution in [2.75, 3.05) is 11.9 Å². The summed E-state index contributed by atoms with van der Waals surface area (Å²) in [6, 6.07) is 6.31. The van der Waals surface area contributed by atoms with E-state index in [-0.39, 0.29) is 12.4 Å². The Morgan fingerprint density at radius 1 is 1.25 bits per heavy atom. The Bertz CT molecular complexity index is 1450. The lowest BCUT2D eigenvalue weighted by molar-refractivity contribution is 0.167. The van der Waals surface area contributed by atoms with E-state index in [1.165, 1.54) is 16.9 Å². The molecule has 1 aliphatic rings. The van der Waals surface area contributed by atoms with Crippen LogP contribution in [0.15, 0.2) is 36.7 Å². The van der Waals surface area contributed by atoms with Crippen molar-refractivity contribution in [2.45, 2.75) is 39.8 Å². The molecule has 1 N–H and O–H groups in total. The third-order valence-corrected chi connectivity index (χ3v) is 5.99. The molecule has 10 nitrogen and oxygen atoms in total. The zero-order valence-corrected chi connectivity index (χ0v) is 20.4. The fourth-order valence-corrected chi connectivity index (χ4v) is 4.44. The molecular formula is C25H26FN7O3. The van der Waals surface area contributed by atoms with E-state index < -0.39 is 18.0 Å². The summed E-state index contributed by atoms with van der Waals surface area (Å²) in [6.07, 6.45) is 2.67. The summed E-state index contributed by atoms with van der Waals surface area (Å²) in [5.41, 5.74) is 5.23. The summed E-state index contributed by atoms with van der Waals surface area (Å²) < 4.78 is 27.6. The Kier molecular flexibility index (Phi) is 6.13. The van der Waals surface area contributed by atoms with Crippen LogP contribution in [0.3, 0.4) is 0 Å². The fraction of sp³-hybridized carbons (Fsp3) is 0.320. The van der Waals surface area contributed by atoms with Crippen LogP contribution in [-0.2, 0) is 24.8 Å². The summed E-state index contributed by atoms with van der Waals surface area (Å²) in [4.78, 5) is 18.2. The predicted octanol–water partition coefficient (Wildman–Crippen LogP) is 4.51. The fourth-order valence-electron chi connectivity index (χ4n) is 4.44. The third-order valence-electron chi connectivity index (χ3n) is 5.99. The van der Waals surface area contributed by atoms with Crippen LogP contribution in [0.5, 0.6) is 5.75 Å². The number of carbonyl (C=O) groups is 1. The quantitative estimate of drug-likeness (QED) is 0.449. The number of aryl methyl sites for hydroxylation is 2. The van der Waals surface area contributed by atoms with Crippen LogP contribution in [-0.4, -0.2) is 42.5 Å². The molecule has 4 aromatic rings. The van der Waals surface area contributed by atoms with E-state index in [1.807, 2.05) is 24.7 Å². The van der Waals surface area contributed by atoms with Crippen molar-refractivity contribution in [1.29, 1.82) is 0 Å². The Morgan fingerprint density at radius 3 is 2.86 bits per heavy atom. The van der Waals surface area contributed by atoms with E-state index in [0.29, 0.717) is 35.5 Å². The highest BCUT2D eigenvalue weighted by Gasteiger charge is 2.25. The van der Waals surface area contributed by atoms with Gasteiger partial charge in [-0.3, -0.25) is 10.00 Å². The van der Waals surface area contributed by atoms with Gasteiger partial charge in [0.2, 0.25) is 0 Å². The number of rotatable bonds is 3. The molecule has 11 heteroatoms. The molecule has 0 saturated carbocycles. The lowest BCUT2D eigenvalue weighted by Crippen LogP contribution is -2.16. The molecule has 1 aromatic carbocycles. The average Bonchev–Trinajstić information content (AvgIpc) is 3.42. The van der Waals surface area contributed by atoms with Gasteiger partial charge in [0.15, 0.2) is 11.6 Å². The summed E-state index contributed by atoms with van der Waals surface area (Å²) in [7, 11) is 1.75. The van der Waals surface area contributed by atoms with Crippen molar-refractivity contribution in [3.63, 3.8) is 0 Å². The molecule has 3 aromatic heterocycles. The highest BCUT2D eigenvalue weighted by atomic mass is 19.1. The third kappa shape index (κ3) is 4.28. The molecule has 0 aliphatic carbocycles. The van der Waals surface area contributed by atoms with Gasteiger partial charge in [-0.25, -0.2) is 14.2 Å². The normalized spacial score (nSPS) is 14.4. The Balaban J connectivity index is 1.74. The standard InChI is InChI=1S/C25H26FN7O3/c1-5-33-23-15(13-28-33)9-20-22(31-32(4)30-20)18-8-7-17(26)11-19(18)14(3)36-21-10-16(23)12-27-24(21)29-25(34)35-6-2/h7-8,10-14H,5-6,9H2,1-4H3,(H,27,29,34)/t14-/m1/s1. The number of anilines is 1. The summed E-state index contributed by atoms with van der Waals surface area (Å²) in [6.45, 7) is 6.38. The molecule has 4 heterocycles.